The van der Waals surface area contributed by atoms with E-state index >= 15 is 0 Å². The number of rotatable bonds is 3. The van der Waals surface area contributed by atoms with Gasteiger partial charge in [-0.3, -0.25) is 4.79 Å². The number of aromatic nitrogens is 1. The summed E-state index contributed by atoms with van der Waals surface area (Å²) in [6.45, 7) is 2.84. The molecule has 2 saturated heterocycles. The van der Waals surface area contributed by atoms with Gasteiger partial charge in [0.2, 0.25) is 5.91 Å². The van der Waals surface area contributed by atoms with E-state index in [4.69, 9.17) is 4.98 Å². The highest BCUT2D eigenvalue weighted by atomic mass is 32.1. The molecule has 5 rings (SSSR count). The van der Waals surface area contributed by atoms with Crippen LogP contribution in [0.3, 0.4) is 0 Å². The van der Waals surface area contributed by atoms with Crippen molar-refractivity contribution in [1.29, 1.82) is 0 Å². The number of hydrogen-bond acceptors (Lipinski definition) is 4. The van der Waals surface area contributed by atoms with Crippen LogP contribution < -0.4 is 5.32 Å². The van der Waals surface area contributed by atoms with Gasteiger partial charge in [-0.2, -0.15) is 0 Å². The highest BCUT2D eigenvalue weighted by Gasteiger charge is 2.33. The molecule has 3 heterocycles. The van der Waals surface area contributed by atoms with Crippen molar-refractivity contribution in [2.45, 2.75) is 31.6 Å². The second kappa shape index (κ2) is 9.28. The van der Waals surface area contributed by atoms with Crippen LogP contribution in [0.1, 0.15) is 36.6 Å². The molecule has 1 aromatic heterocycles. The molecule has 7 heteroatoms. The Morgan fingerprint density at radius 1 is 0.844 bits per heavy atom. The van der Waals surface area contributed by atoms with E-state index in [9.17, 15) is 9.59 Å². The van der Waals surface area contributed by atoms with E-state index in [0.29, 0.717) is 19.0 Å². The number of carbonyl (C=O) groups is 2. The molecule has 1 N–H and O–H groups in total. The lowest BCUT2D eigenvalue weighted by Crippen LogP contribution is -2.47. The third-order valence-electron chi connectivity index (χ3n) is 6.62. The van der Waals surface area contributed by atoms with Crippen molar-refractivity contribution < 1.29 is 9.59 Å². The lowest BCUT2D eigenvalue weighted by molar-refractivity contribution is -0.138. The molecule has 2 aliphatic heterocycles. The molecular formula is C25H28N4O2S. The summed E-state index contributed by atoms with van der Waals surface area (Å²) in [6, 6.07) is 17.7. The predicted molar refractivity (Wildman–Crippen MR) is 128 cm³/mol. The van der Waals surface area contributed by atoms with Crippen LogP contribution in [0, 0.1) is 5.92 Å². The van der Waals surface area contributed by atoms with Crippen molar-refractivity contribution in [1.82, 2.24) is 14.8 Å². The van der Waals surface area contributed by atoms with Crippen molar-refractivity contribution in [3.63, 3.8) is 0 Å². The maximum atomic E-state index is 13.1. The van der Waals surface area contributed by atoms with Crippen molar-refractivity contribution in [2.24, 2.45) is 5.92 Å². The lowest BCUT2D eigenvalue weighted by atomic mass is 9.92. The first-order valence-electron chi connectivity index (χ1n) is 11.4. The summed E-state index contributed by atoms with van der Waals surface area (Å²) in [5, 5.41) is 4.14. The Balaban J connectivity index is 1.11. The monoisotopic (exact) mass is 448 g/mol. The number of para-hydroxylation sites is 2. The number of thiazole rings is 1. The zero-order valence-electron chi connectivity index (χ0n) is 18.1. The number of hydrogen-bond donors (Lipinski definition) is 1. The van der Waals surface area contributed by atoms with Gasteiger partial charge >= 0.3 is 6.03 Å². The summed E-state index contributed by atoms with van der Waals surface area (Å²) < 4.78 is 1.24. The lowest BCUT2D eigenvalue weighted by Gasteiger charge is -2.37. The zero-order chi connectivity index (χ0) is 21.9. The smallest absolute Gasteiger partial charge is 0.321 e. The molecule has 0 radical (unpaired) electrons. The maximum absolute atomic E-state index is 13.1. The molecule has 0 unspecified atom stereocenters. The van der Waals surface area contributed by atoms with Gasteiger partial charge in [-0.25, -0.2) is 9.78 Å². The first-order chi connectivity index (χ1) is 15.7. The van der Waals surface area contributed by atoms with Crippen LogP contribution in [0.15, 0.2) is 54.6 Å². The Morgan fingerprint density at radius 2 is 1.50 bits per heavy atom. The third-order valence-corrected chi connectivity index (χ3v) is 7.82. The summed E-state index contributed by atoms with van der Waals surface area (Å²) in [5.74, 6) is 0.727. The number of piperidine rings is 2. The number of nitrogens with one attached hydrogen (secondary N) is 1. The van der Waals surface area contributed by atoms with Crippen LogP contribution in [0.4, 0.5) is 10.5 Å². The van der Waals surface area contributed by atoms with Crippen molar-refractivity contribution >= 4 is 39.2 Å². The minimum atomic E-state index is -0.0845. The molecule has 6 nitrogen and oxygen atoms in total. The standard InChI is InChI=1S/C25H28N4O2S/c30-24(19-12-16-29(17-13-19)25(31)26-20-6-2-1-3-7-20)28-14-10-18(11-15-28)23-27-21-8-4-5-9-22(21)32-23/h1-9,18-19H,10-17H2,(H,26,31). The Labute approximate surface area is 192 Å². The summed E-state index contributed by atoms with van der Waals surface area (Å²) in [4.78, 5) is 34.3. The van der Waals surface area contributed by atoms with E-state index in [1.807, 2.05) is 46.2 Å². The highest BCUT2D eigenvalue weighted by Crippen LogP contribution is 2.34. The molecule has 32 heavy (non-hydrogen) atoms. The van der Waals surface area contributed by atoms with Gasteiger partial charge in [0, 0.05) is 43.7 Å². The summed E-state index contributed by atoms with van der Waals surface area (Å²) >= 11 is 1.79. The van der Waals surface area contributed by atoms with Crippen molar-refractivity contribution in [3.8, 4) is 0 Å². The molecule has 2 aliphatic rings. The maximum Gasteiger partial charge on any atom is 0.321 e. The van der Waals surface area contributed by atoms with Gasteiger partial charge in [-0.05, 0) is 49.9 Å². The van der Waals surface area contributed by atoms with Gasteiger partial charge in [0.05, 0.1) is 15.2 Å². The molecular weight excluding hydrogens is 420 g/mol. The van der Waals surface area contributed by atoms with Crippen LogP contribution in [-0.4, -0.2) is 52.9 Å². The van der Waals surface area contributed by atoms with E-state index in [1.165, 1.54) is 9.71 Å². The minimum absolute atomic E-state index is 0.0229. The molecule has 0 atom stereocenters. The van der Waals surface area contributed by atoms with Crippen LogP contribution >= 0.6 is 11.3 Å². The van der Waals surface area contributed by atoms with E-state index in [-0.39, 0.29) is 17.9 Å². The number of urea groups is 1. The SMILES string of the molecule is O=C(Nc1ccccc1)N1CCC(C(=O)N2CCC(c3nc4ccccc4s3)CC2)CC1. The van der Waals surface area contributed by atoms with E-state index in [1.54, 1.807) is 11.3 Å². The fourth-order valence-corrected chi connectivity index (χ4v) is 5.86. The molecule has 166 valence electrons. The second-order valence-corrected chi connectivity index (χ2v) is 9.74. The molecule has 0 bridgehead atoms. The minimum Gasteiger partial charge on any atom is -0.342 e. The summed E-state index contributed by atoms with van der Waals surface area (Å²) in [6.07, 6.45) is 3.42. The molecule has 3 amide bonds. The van der Waals surface area contributed by atoms with E-state index < -0.39 is 0 Å². The molecule has 2 aromatic carbocycles. The van der Waals surface area contributed by atoms with E-state index in [2.05, 4.69) is 23.5 Å². The Kier molecular flexibility index (Phi) is 6.08. The summed E-state index contributed by atoms with van der Waals surface area (Å²) in [7, 11) is 0. The van der Waals surface area contributed by atoms with Crippen LogP contribution in [0.2, 0.25) is 0 Å². The first-order valence-corrected chi connectivity index (χ1v) is 12.2. The first kappa shape index (κ1) is 20.9. The average molecular weight is 449 g/mol. The molecule has 2 fully saturated rings. The second-order valence-electron chi connectivity index (χ2n) is 8.68. The number of fused-ring (bicyclic) bond motifs is 1. The third kappa shape index (κ3) is 4.48. The Morgan fingerprint density at radius 3 is 2.22 bits per heavy atom. The topological polar surface area (TPSA) is 65.5 Å². The van der Waals surface area contributed by atoms with Gasteiger partial charge in [0.15, 0.2) is 0 Å². The number of benzene rings is 2. The Bertz CT molecular complexity index is 1050. The average Bonchev–Trinajstić information content (AvgIpc) is 3.29. The quantitative estimate of drug-likeness (QED) is 0.617. The Hall–Kier alpha value is -2.93. The van der Waals surface area contributed by atoms with Gasteiger partial charge in [-0.1, -0.05) is 30.3 Å². The number of nitrogens with zero attached hydrogens (tertiary/aromatic N) is 3. The highest BCUT2D eigenvalue weighted by molar-refractivity contribution is 7.18. The van der Waals surface area contributed by atoms with Gasteiger partial charge in [-0.15, -0.1) is 11.3 Å². The molecule has 0 spiro atoms. The fourth-order valence-electron chi connectivity index (χ4n) is 4.72. The molecule has 0 saturated carbocycles. The molecule has 0 aliphatic carbocycles. The summed E-state index contributed by atoms with van der Waals surface area (Å²) in [5.41, 5.74) is 1.88. The van der Waals surface area contributed by atoms with Crippen LogP contribution in [0.5, 0.6) is 0 Å². The largest absolute Gasteiger partial charge is 0.342 e. The van der Waals surface area contributed by atoms with Gasteiger partial charge in [0.1, 0.15) is 0 Å². The van der Waals surface area contributed by atoms with E-state index in [0.717, 1.165) is 50.0 Å². The normalized spacial score (nSPS) is 18.1. The molecule has 3 aromatic rings. The number of amides is 3. The predicted octanol–water partition coefficient (Wildman–Crippen LogP) is 4.95. The number of likely N-dealkylation sites (tertiary alicyclic amines) is 2. The number of carbonyl (C=O) groups excluding carboxylic acids is 2. The van der Waals surface area contributed by atoms with Crippen molar-refractivity contribution in [3.05, 3.63) is 59.6 Å². The zero-order valence-corrected chi connectivity index (χ0v) is 18.9. The fraction of sp³-hybridized carbons (Fsp3) is 0.400. The van der Waals surface area contributed by atoms with Crippen LogP contribution in [0.25, 0.3) is 10.2 Å². The van der Waals surface area contributed by atoms with Crippen molar-refractivity contribution in [2.75, 3.05) is 31.5 Å². The van der Waals surface area contributed by atoms with Crippen LogP contribution in [-0.2, 0) is 4.79 Å². The van der Waals surface area contributed by atoms with Gasteiger partial charge in [0.25, 0.3) is 0 Å². The van der Waals surface area contributed by atoms with Gasteiger partial charge < -0.3 is 15.1 Å². The number of anilines is 1.